The van der Waals surface area contributed by atoms with Crippen molar-refractivity contribution in [1.29, 1.82) is 0 Å². The van der Waals surface area contributed by atoms with Gasteiger partial charge in [0.25, 0.3) is 0 Å². The zero-order valence-electron chi connectivity index (χ0n) is 13.5. The summed E-state index contributed by atoms with van der Waals surface area (Å²) >= 11 is 0. The summed E-state index contributed by atoms with van der Waals surface area (Å²) in [5, 5.41) is 0. The highest BCUT2D eigenvalue weighted by molar-refractivity contribution is 6.23. The number of anilines is 1. The zero-order chi connectivity index (χ0) is 16.6. The van der Waals surface area contributed by atoms with Gasteiger partial charge in [0, 0.05) is 17.9 Å². The van der Waals surface area contributed by atoms with Gasteiger partial charge < -0.3 is 9.47 Å². The summed E-state index contributed by atoms with van der Waals surface area (Å²) in [6.45, 7) is 4.30. The van der Waals surface area contributed by atoms with Crippen LogP contribution in [0.15, 0.2) is 41.5 Å². The minimum absolute atomic E-state index is 0.0699. The number of nitrogens with zero attached hydrogens (tertiary/aromatic N) is 1. The molecule has 1 aromatic rings. The van der Waals surface area contributed by atoms with E-state index in [-0.39, 0.29) is 42.3 Å². The van der Waals surface area contributed by atoms with Gasteiger partial charge in [-0.1, -0.05) is 23.3 Å². The van der Waals surface area contributed by atoms with Crippen molar-refractivity contribution in [3.05, 3.63) is 41.5 Å². The van der Waals surface area contributed by atoms with Crippen LogP contribution < -0.4 is 14.4 Å². The van der Waals surface area contributed by atoms with Crippen LogP contribution in [-0.4, -0.2) is 18.6 Å². The Morgan fingerprint density at radius 3 is 2.25 bits per heavy atom. The second kappa shape index (κ2) is 4.50. The molecule has 1 saturated carbocycles. The summed E-state index contributed by atoms with van der Waals surface area (Å²) < 4.78 is 10.7. The first-order chi connectivity index (χ1) is 11.6. The van der Waals surface area contributed by atoms with E-state index >= 15 is 0 Å². The highest BCUT2D eigenvalue weighted by Crippen LogP contribution is 2.57. The topological polar surface area (TPSA) is 55.8 Å². The number of fused-ring (bicyclic) bond motifs is 6. The SMILES string of the molecule is CC(C)=C1[C@H]2C=C[C@@H]1[C@H]1C(=O)N(c3ccc4c(c3)OCO4)C(=O)[C@@H]12. The van der Waals surface area contributed by atoms with Crippen LogP contribution in [0.1, 0.15) is 13.8 Å². The molecule has 4 aliphatic rings. The molecule has 2 aliphatic carbocycles. The molecule has 5 nitrogen and oxygen atoms in total. The average Bonchev–Trinajstić information content (AvgIpc) is 3.29. The molecular formula is C19H17NO4. The monoisotopic (exact) mass is 323 g/mol. The zero-order valence-corrected chi connectivity index (χ0v) is 13.5. The summed E-state index contributed by atoms with van der Waals surface area (Å²) in [6.07, 6.45) is 4.20. The maximum absolute atomic E-state index is 13.0. The maximum atomic E-state index is 13.0. The molecule has 0 aromatic heterocycles. The number of imide groups is 1. The Morgan fingerprint density at radius 1 is 1.00 bits per heavy atom. The molecule has 5 heteroatoms. The van der Waals surface area contributed by atoms with Crippen LogP contribution in [0.2, 0.25) is 0 Å². The Labute approximate surface area is 139 Å². The van der Waals surface area contributed by atoms with E-state index in [1.54, 1.807) is 18.2 Å². The molecule has 2 fully saturated rings. The maximum Gasteiger partial charge on any atom is 0.238 e. The van der Waals surface area contributed by atoms with E-state index in [2.05, 4.69) is 26.0 Å². The lowest BCUT2D eigenvalue weighted by atomic mass is 9.85. The van der Waals surface area contributed by atoms with Crippen LogP contribution in [0, 0.1) is 23.7 Å². The van der Waals surface area contributed by atoms with Crippen LogP contribution in [0.4, 0.5) is 5.69 Å². The van der Waals surface area contributed by atoms with Gasteiger partial charge in [0.15, 0.2) is 11.5 Å². The average molecular weight is 323 g/mol. The van der Waals surface area contributed by atoms with Crippen molar-refractivity contribution in [1.82, 2.24) is 0 Å². The third kappa shape index (κ3) is 1.54. The summed E-state index contributed by atoms with van der Waals surface area (Å²) in [5.41, 5.74) is 3.05. The number of carbonyl (C=O) groups is 2. The van der Waals surface area contributed by atoms with Crippen LogP contribution in [-0.2, 0) is 9.59 Å². The molecule has 0 unspecified atom stereocenters. The molecule has 24 heavy (non-hydrogen) atoms. The summed E-state index contributed by atoms with van der Waals surface area (Å²) in [7, 11) is 0. The predicted octanol–water partition coefficient (Wildman–Crippen LogP) is 2.67. The Kier molecular flexibility index (Phi) is 2.59. The van der Waals surface area contributed by atoms with Gasteiger partial charge in [-0.25, -0.2) is 4.90 Å². The van der Waals surface area contributed by atoms with Crippen molar-refractivity contribution in [2.75, 3.05) is 11.7 Å². The van der Waals surface area contributed by atoms with Gasteiger partial charge >= 0.3 is 0 Å². The number of ether oxygens (including phenoxy) is 2. The highest BCUT2D eigenvalue weighted by atomic mass is 16.7. The Morgan fingerprint density at radius 2 is 1.62 bits per heavy atom. The lowest BCUT2D eigenvalue weighted by molar-refractivity contribution is -0.122. The van der Waals surface area contributed by atoms with E-state index in [0.717, 1.165) is 0 Å². The van der Waals surface area contributed by atoms with Gasteiger partial charge in [-0.05, 0) is 26.0 Å². The van der Waals surface area contributed by atoms with E-state index in [1.807, 2.05) is 0 Å². The molecule has 4 atom stereocenters. The summed E-state index contributed by atoms with van der Waals surface area (Å²) in [5.74, 6) is 0.647. The van der Waals surface area contributed by atoms with E-state index in [0.29, 0.717) is 17.2 Å². The predicted molar refractivity (Wildman–Crippen MR) is 86.5 cm³/mol. The fourth-order valence-corrected chi connectivity index (χ4v) is 4.71. The molecule has 1 aromatic carbocycles. The standard InChI is InChI=1S/C19H17NO4/c1-9(2)15-11-4-5-12(15)17-16(11)18(21)20(19(17)22)10-3-6-13-14(7-10)24-8-23-13/h3-7,11-12,16-17H,8H2,1-2H3/t11-,12+,16-,17-/m1/s1. The lowest BCUT2D eigenvalue weighted by Crippen LogP contribution is -2.33. The normalized spacial score (nSPS) is 32.1. The number of allylic oxidation sites excluding steroid dienone is 4. The van der Waals surface area contributed by atoms with Gasteiger partial charge in [-0.15, -0.1) is 0 Å². The molecule has 0 N–H and O–H groups in total. The molecule has 0 radical (unpaired) electrons. The second-order valence-electron chi connectivity index (χ2n) is 6.99. The highest BCUT2D eigenvalue weighted by Gasteiger charge is 2.61. The molecule has 2 heterocycles. The summed E-state index contributed by atoms with van der Waals surface area (Å²) in [6, 6.07) is 5.22. The summed E-state index contributed by atoms with van der Waals surface area (Å²) in [4.78, 5) is 27.4. The van der Waals surface area contributed by atoms with Gasteiger partial charge in [0.1, 0.15) is 0 Å². The van der Waals surface area contributed by atoms with Crippen LogP contribution >= 0.6 is 0 Å². The molecule has 2 bridgehead atoms. The van der Waals surface area contributed by atoms with Crippen molar-refractivity contribution in [3.63, 3.8) is 0 Å². The van der Waals surface area contributed by atoms with Crippen molar-refractivity contribution in [3.8, 4) is 11.5 Å². The van der Waals surface area contributed by atoms with Crippen molar-refractivity contribution in [2.45, 2.75) is 13.8 Å². The first kappa shape index (κ1) is 13.8. The van der Waals surface area contributed by atoms with Crippen molar-refractivity contribution >= 4 is 17.5 Å². The third-order valence-electron chi connectivity index (χ3n) is 5.61. The Balaban J connectivity index is 1.56. The molecule has 122 valence electrons. The van der Waals surface area contributed by atoms with Crippen LogP contribution in [0.3, 0.4) is 0 Å². The second-order valence-corrected chi connectivity index (χ2v) is 6.99. The van der Waals surface area contributed by atoms with Gasteiger partial charge in [0.05, 0.1) is 17.5 Å². The molecular weight excluding hydrogens is 306 g/mol. The van der Waals surface area contributed by atoms with Gasteiger partial charge in [-0.3, -0.25) is 9.59 Å². The first-order valence-electron chi connectivity index (χ1n) is 8.21. The van der Waals surface area contributed by atoms with Gasteiger partial charge in [0.2, 0.25) is 18.6 Å². The smallest absolute Gasteiger partial charge is 0.238 e. The molecule has 1 saturated heterocycles. The largest absolute Gasteiger partial charge is 0.454 e. The number of hydrogen-bond donors (Lipinski definition) is 0. The van der Waals surface area contributed by atoms with E-state index in [4.69, 9.17) is 9.47 Å². The van der Waals surface area contributed by atoms with Crippen LogP contribution in [0.25, 0.3) is 0 Å². The number of carbonyl (C=O) groups excluding carboxylic acids is 2. The third-order valence-corrected chi connectivity index (χ3v) is 5.61. The van der Waals surface area contributed by atoms with Crippen molar-refractivity contribution in [2.24, 2.45) is 23.7 Å². The first-order valence-corrected chi connectivity index (χ1v) is 8.21. The molecule has 5 rings (SSSR count). The van der Waals surface area contributed by atoms with E-state index in [1.165, 1.54) is 16.0 Å². The molecule has 2 aliphatic heterocycles. The van der Waals surface area contributed by atoms with Crippen LogP contribution in [0.5, 0.6) is 11.5 Å². The number of hydrogen-bond acceptors (Lipinski definition) is 4. The molecule has 2 amide bonds. The fourth-order valence-electron chi connectivity index (χ4n) is 4.71. The van der Waals surface area contributed by atoms with E-state index < -0.39 is 0 Å². The number of amides is 2. The Bertz CT molecular complexity index is 815. The number of benzene rings is 1. The molecule has 0 spiro atoms. The van der Waals surface area contributed by atoms with E-state index in [9.17, 15) is 9.59 Å². The quantitative estimate of drug-likeness (QED) is 0.589. The minimum Gasteiger partial charge on any atom is -0.454 e. The van der Waals surface area contributed by atoms with Gasteiger partial charge in [-0.2, -0.15) is 0 Å². The fraction of sp³-hybridized carbons (Fsp3) is 0.368. The van der Waals surface area contributed by atoms with Crippen molar-refractivity contribution < 1.29 is 19.1 Å². The minimum atomic E-state index is -0.261. The number of rotatable bonds is 1. The lowest BCUT2D eigenvalue weighted by Gasteiger charge is -2.19. The Hall–Kier alpha value is -2.56.